The van der Waals surface area contributed by atoms with Crippen molar-refractivity contribution in [3.8, 4) is 0 Å². The van der Waals surface area contributed by atoms with Gasteiger partial charge in [0.25, 0.3) is 5.91 Å². The normalized spacial score (nSPS) is 17.3. The third kappa shape index (κ3) is 4.02. The Morgan fingerprint density at radius 2 is 2.04 bits per heavy atom. The summed E-state index contributed by atoms with van der Waals surface area (Å²) in [4.78, 5) is 25.7. The summed E-state index contributed by atoms with van der Waals surface area (Å²) in [5.41, 5.74) is 8.09. The minimum Gasteiger partial charge on any atom is -0.469 e. The molecule has 0 radical (unpaired) electrons. The summed E-state index contributed by atoms with van der Waals surface area (Å²) < 4.78 is 5.15. The van der Waals surface area contributed by atoms with E-state index in [4.69, 9.17) is 10.2 Å². The zero-order chi connectivity index (χ0) is 17.8. The van der Waals surface area contributed by atoms with Crippen molar-refractivity contribution in [3.63, 3.8) is 0 Å². The van der Waals surface area contributed by atoms with Gasteiger partial charge < -0.3 is 20.4 Å². The van der Waals surface area contributed by atoms with Crippen molar-refractivity contribution in [2.24, 2.45) is 11.7 Å². The smallest absolute Gasteiger partial charge is 0.255 e. The van der Waals surface area contributed by atoms with Crippen molar-refractivity contribution in [3.05, 3.63) is 53.5 Å². The molecular formula is C19H23N3O3. The highest BCUT2D eigenvalue weighted by atomic mass is 16.3. The van der Waals surface area contributed by atoms with E-state index in [0.29, 0.717) is 24.4 Å². The van der Waals surface area contributed by atoms with E-state index in [9.17, 15) is 9.59 Å². The number of nitrogens with one attached hydrogen (secondary N) is 1. The summed E-state index contributed by atoms with van der Waals surface area (Å²) in [6.45, 7) is 3.82. The molecule has 0 saturated carbocycles. The zero-order valence-corrected chi connectivity index (χ0v) is 14.3. The largest absolute Gasteiger partial charge is 0.469 e. The molecule has 2 amide bonds. The van der Waals surface area contributed by atoms with Crippen LogP contribution in [0, 0.1) is 12.8 Å². The molecule has 0 aliphatic carbocycles. The summed E-state index contributed by atoms with van der Waals surface area (Å²) in [6.07, 6.45) is 3.34. The molecule has 1 atom stereocenters. The molecule has 3 N–H and O–H groups in total. The molecule has 0 bridgehead atoms. The number of furan rings is 1. The number of amides is 2. The Morgan fingerprint density at radius 1 is 1.28 bits per heavy atom. The second kappa shape index (κ2) is 7.42. The van der Waals surface area contributed by atoms with Gasteiger partial charge in [-0.2, -0.15) is 0 Å². The first-order valence-corrected chi connectivity index (χ1v) is 8.50. The Hall–Kier alpha value is -2.76. The molecule has 1 aromatic carbocycles. The lowest BCUT2D eigenvalue weighted by Gasteiger charge is -2.33. The first kappa shape index (κ1) is 17.1. The topological polar surface area (TPSA) is 88.6 Å². The maximum absolute atomic E-state index is 12.1. The Bertz CT molecular complexity index is 752. The van der Waals surface area contributed by atoms with E-state index in [2.05, 4.69) is 10.2 Å². The Balaban J connectivity index is 1.58. The first-order chi connectivity index (χ1) is 12.0. The molecule has 2 heterocycles. The highest BCUT2D eigenvalue weighted by molar-refractivity contribution is 5.94. The fourth-order valence-electron chi connectivity index (χ4n) is 3.17. The number of piperidine rings is 1. The monoisotopic (exact) mass is 341 g/mol. The van der Waals surface area contributed by atoms with Gasteiger partial charge in [0.1, 0.15) is 5.76 Å². The molecule has 1 fully saturated rings. The van der Waals surface area contributed by atoms with Gasteiger partial charge >= 0.3 is 0 Å². The van der Waals surface area contributed by atoms with Crippen LogP contribution < -0.4 is 16.0 Å². The fourth-order valence-corrected chi connectivity index (χ4v) is 3.17. The van der Waals surface area contributed by atoms with E-state index < -0.39 is 0 Å². The van der Waals surface area contributed by atoms with Crippen LogP contribution in [0.15, 0.2) is 41.0 Å². The van der Waals surface area contributed by atoms with Crippen molar-refractivity contribution < 1.29 is 14.0 Å². The predicted octanol–water partition coefficient (Wildman–Crippen LogP) is 2.22. The SMILES string of the molecule is Cc1occc1C(=O)NCc1ccc(N2CCCC(C(N)=O)C2)cc1. The number of hydrogen-bond donors (Lipinski definition) is 2. The molecular weight excluding hydrogens is 318 g/mol. The van der Waals surface area contributed by atoms with E-state index in [1.165, 1.54) is 6.26 Å². The minimum absolute atomic E-state index is 0.0779. The quantitative estimate of drug-likeness (QED) is 0.873. The number of hydrogen-bond acceptors (Lipinski definition) is 4. The predicted molar refractivity (Wildman–Crippen MR) is 95.2 cm³/mol. The average molecular weight is 341 g/mol. The molecule has 1 aliphatic heterocycles. The zero-order valence-electron chi connectivity index (χ0n) is 14.3. The lowest BCUT2D eigenvalue weighted by Crippen LogP contribution is -2.41. The highest BCUT2D eigenvalue weighted by Gasteiger charge is 2.24. The molecule has 6 heteroatoms. The van der Waals surface area contributed by atoms with Crippen LogP contribution in [-0.4, -0.2) is 24.9 Å². The van der Waals surface area contributed by atoms with Crippen LogP contribution >= 0.6 is 0 Å². The van der Waals surface area contributed by atoms with Crippen molar-refractivity contribution in [1.82, 2.24) is 5.32 Å². The van der Waals surface area contributed by atoms with Crippen LogP contribution in [0.5, 0.6) is 0 Å². The standard InChI is InChI=1S/C19H23N3O3/c1-13-17(8-10-25-13)19(24)21-11-14-4-6-16(7-5-14)22-9-2-3-15(12-22)18(20)23/h4-8,10,15H,2-3,9,11-12H2,1H3,(H2,20,23)(H,21,24). The molecule has 1 saturated heterocycles. The number of rotatable bonds is 5. The van der Waals surface area contributed by atoms with Gasteiger partial charge in [-0.1, -0.05) is 12.1 Å². The maximum Gasteiger partial charge on any atom is 0.255 e. The van der Waals surface area contributed by atoms with Crippen LogP contribution in [0.4, 0.5) is 5.69 Å². The van der Waals surface area contributed by atoms with E-state index in [-0.39, 0.29) is 17.7 Å². The van der Waals surface area contributed by atoms with Crippen LogP contribution in [-0.2, 0) is 11.3 Å². The van der Waals surface area contributed by atoms with Crippen LogP contribution in [0.1, 0.15) is 34.5 Å². The van der Waals surface area contributed by atoms with Crippen molar-refractivity contribution in [2.75, 3.05) is 18.0 Å². The van der Waals surface area contributed by atoms with Crippen LogP contribution in [0.2, 0.25) is 0 Å². The minimum atomic E-state index is -0.224. The van der Waals surface area contributed by atoms with Gasteiger partial charge in [0.15, 0.2) is 0 Å². The Morgan fingerprint density at radius 3 is 2.68 bits per heavy atom. The van der Waals surface area contributed by atoms with Gasteiger partial charge in [-0.3, -0.25) is 9.59 Å². The lowest BCUT2D eigenvalue weighted by atomic mass is 9.97. The molecule has 6 nitrogen and oxygen atoms in total. The maximum atomic E-state index is 12.1. The lowest BCUT2D eigenvalue weighted by molar-refractivity contribution is -0.122. The highest BCUT2D eigenvalue weighted by Crippen LogP contribution is 2.23. The summed E-state index contributed by atoms with van der Waals surface area (Å²) in [5.74, 6) is 0.169. The van der Waals surface area contributed by atoms with Crippen LogP contribution in [0.25, 0.3) is 0 Å². The third-order valence-electron chi connectivity index (χ3n) is 4.68. The van der Waals surface area contributed by atoms with Gasteiger partial charge in [-0.25, -0.2) is 0 Å². The number of nitrogens with two attached hydrogens (primary N) is 1. The van der Waals surface area contributed by atoms with Gasteiger partial charge in [0.2, 0.25) is 5.91 Å². The molecule has 2 aromatic rings. The molecule has 1 aromatic heterocycles. The van der Waals surface area contributed by atoms with E-state index >= 15 is 0 Å². The average Bonchev–Trinajstić information content (AvgIpc) is 3.06. The number of primary amides is 1. The van der Waals surface area contributed by atoms with Gasteiger partial charge in [0.05, 0.1) is 17.7 Å². The number of carbonyl (C=O) groups excluding carboxylic acids is 2. The molecule has 132 valence electrons. The third-order valence-corrected chi connectivity index (χ3v) is 4.68. The number of nitrogens with zero attached hydrogens (tertiary/aromatic N) is 1. The summed E-state index contributed by atoms with van der Waals surface area (Å²) in [5, 5.41) is 2.89. The molecule has 0 spiro atoms. The first-order valence-electron chi connectivity index (χ1n) is 8.50. The van der Waals surface area contributed by atoms with Gasteiger partial charge in [0, 0.05) is 25.3 Å². The van der Waals surface area contributed by atoms with Gasteiger partial charge in [-0.05, 0) is 43.5 Å². The Kier molecular flexibility index (Phi) is 5.07. The van der Waals surface area contributed by atoms with Gasteiger partial charge in [-0.15, -0.1) is 0 Å². The number of anilines is 1. The van der Waals surface area contributed by atoms with E-state index in [0.717, 1.165) is 30.6 Å². The van der Waals surface area contributed by atoms with Crippen molar-refractivity contribution in [2.45, 2.75) is 26.3 Å². The second-order valence-corrected chi connectivity index (χ2v) is 6.43. The Labute approximate surface area is 147 Å². The second-order valence-electron chi connectivity index (χ2n) is 6.43. The molecule has 3 rings (SSSR count). The van der Waals surface area contributed by atoms with Crippen LogP contribution in [0.3, 0.4) is 0 Å². The molecule has 1 aliphatic rings. The van der Waals surface area contributed by atoms with E-state index in [1.807, 2.05) is 24.3 Å². The van der Waals surface area contributed by atoms with E-state index in [1.54, 1.807) is 13.0 Å². The molecule has 1 unspecified atom stereocenters. The number of aryl methyl sites for hydroxylation is 1. The van der Waals surface area contributed by atoms with Crippen molar-refractivity contribution in [1.29, 1.82) is 0 Å². The van der Waals surface area contributed by atoms with Crippen molar-refractivity contribution >= 4 is 17.5 Å². The molecule has 25 heavy (non-hydrogen) atoms. The summed E-state index contributed by atoms with van der Waals surface area (Å²) in [7, 11) is 0. The number of benzene rings is 1. The summed E-state index contributed by atoms with van der Waals surface area (Å²) in [6, 6.07) is 9.69. The fraction of sp³-hybridized carbons (Fsp3) is 0.368. The summed E-state index contributed by atoms with van der Waals surface area (Å²) >= 11 is 0. The number of carbonyl (C=O) groups is 2.